The van der Waals surface area contributed by atoms with Gasteiger partial charge in [0.25, 0.3) is 0 Å². The summed E-state index contributed by atoms with van der Waals surface area (Å²) in [6, 6.07) is 10.4. The molecule has 0 spiro atoms. The van der Waals surface area contributed by atoms with Crippen LogP contribution in [0.15, 0.2) is 36.5 Å². The number of nitrogens with zero attached hydrogens (tertiary/aromatic N) is 2. The van der Waals surface area contributed by atoms with Gasteiger partial charge in [0.15, 0.2) is 0 Å². The molecule has 146 valence electrons. The quantitative estimate of drug-likeness (QED) is 0.736. The van der Waals surface area contributed by atoms with Crippen molar-refractivity contribution in [3.05, 3.63) is 58.9 Å². The summed E-state index contributed by atoms with van der Waals surface area (Å²) >= 11 is 0. The highest BCUT2D eigenvalue weighted by Crippen LogP contribution is 2.28. The molecule has 3 aromatic rings. The van der Waals surface area contributed by atoms with Crippen molar-refractivity contribution in [2.24, 2.45) is 0 Å². The molecule has 1 aliphatic heterocycles. The Morgan fingerprint density at radius 3 is 2.82 bits per heavy atom. The molecule has 1 unspecified atom stereocenters. The number of carbonyl (C=O) groups excluding carboxylic acids is 1. The molecule has 0 bridgehead atoms. The molecular formula is C23H27N3O2. The van der Waals surface area contributed by atoms with E-state index in [1.165, 1.54) is 11.1 Å². The fraction of sp³-hybridized carbons (Fsp3) is 0.391. The number of aryl methyl sites for hydroxylation is 3. The van der Waals surface area contributed by atoms with Crippen LogP contribution in [0, 0.1) is 20.8 Å². The molecule has 1 fully saturated rings. The van der Waals surface area contributed by atoms with Gasteiger partial charge < -0.3 is 14.5 Å². The van der Waals surface area contributed by atoms with Crippen molar-refractivity contribution >= 4 is 11.6 Å². The Morgan fingerprint density at radius 1 is 1.21 bits per heavy atom. The van der Waals surface area contributed by atoms with Gasteiger partial charge in [-0.2, -0.15) is 0 Å². The number of imidazole rings is 1. The number of fused-ring (bicyclic) bond motifs is 1. The minimum Gasteiger partial charge on any atom is -0.376 e. The van der Waals surface area contributed by atoms with Crippen molar-refractivity contribution in [2.45, 2.75) is 46.1 Å². The third kappa shape index (κ3) is 3.67. The normalized spacial score (nSPS) is 16.6. The van der Waals surface area contributed by atoms with E-state index in [4.69, 9.17) is 9.72 Å². The van der Waals surface area contributed by atoms with Crippen LogP contribution >= 0.6 is 0 Å². The fourth-order valence-corrected chi connectivity index (χ4v) is 3.79. The van der Waals surface area contributed by atoms with E-state index in [-0.39, 0.29) is 12.0 Å². The predicted molar refractivity (Wildman–Crippen MR) is 111 cm³/mol. The standard InChI is InChI=1S/C23H27N3O2/c1-15-8-9-18(12-17(15)3)22-20(26-10-4-6-16(2)23(26)25-22)13-21(27)24-14-19-7-5-11-28-19/h4,6,8-10,12,19H,5,7,11,13-14H2,1-3H3,(H,24,27). The molecule has 4 rings (SSSR count). The zero-order valence-electron chi connectivity index (χ0n) is 16.8. The molecule has 1 N–H and O–H groups in total. The molecule has 1 amide bonds. The van der Waals surface area contributed by atoms with Gasteiger partial charge in [0.2, 0.25) is 5.91 Å². The first-order chi connectivity index (χ1) is 13.5. The number of benzene rings is 1. The van der Waals surface area contributed by atoms with E-state index in [1.807, 2.05) is 29.7 Å². The number of rotatable bonds is 5. The summed E-state index contributed by atoms with van der Waals surface area (Å²) in [6.45, 7) is 7.63. The maximum atomic E-state index is 12.7. The molecule has 3 heterocycles. The summed E-state index contributed by atoms with van der Waals surface area (Å²) in [4.78, 5) is 17.6. The first-order valence-corrected chi connectivity index (χ1v) is 9.95. The number of aromatic nitrogens is 2. The van der Waals surface area contributed by atoms with E-state index in [9.17, 15) is 4.79 Å². The lowest BCUT2D eigenvalue weighted by Crippen LogP contribution is -2.33. The molecule has 0 radical (unpaired) electrons. The van der Waals surface area contributed by atoms with E-state index in [0.29, 0.717) is 13.0 Å². The maximum Gasteiger partial charge on any atom is 0.226 e. The molecule has 5 heteroatoms. The largest absolute Gasteiger partial charge is 0.376 e. The first kappa shape index (κ1) is 18.7. The van der Waals surface area contributed by atoms with Crippen molar-refractivity contribution in [3.63, 3.8) is 0 Å². The average Bonchev–Trinajstić information content (AvgIpc) is 3.32. The van der Waals surface area contributed by atoms with Crippen molar-refractivity contribution in [2.75, 3.05) is 13.2 Å². The lowest BCUT2D eigenvalue weighted by molar-refractivity contribution is -0.121. The van der Waals surface area contributed by atoms with E-state index >= 15 is 0 Å². The number of hydrogen-bond acceptors (Lipinski definition) is 3. The zero-order chi connectivity index (χ0) is 19.7. The molecule has 1 aromatic carbocycles. The summed E-state index contributed by atoms with van der Waals surface area (Å²) in [5.41, 5.74) is 7.32. The van der Waals surface area contributed by atoms with Crippen molar-refractivity contribution < 1.29 is 9.53 Å². The fourth-order valence-electron chi connectivity index (χ4n) is 3.79. The summed E-state index contributed by atoms with van der Waals surface area (Å²) in [6.07, 6.45) is 4.52. The number of ether oxygens (including phenoxy) is 1. The second-order valence-corrected chi connectivity index (χ2v) is 7.71. The Balaban J connectivity index is 1.67. The first-order valence-electron chi connectivity index (χ1n) is 9.95. The van der Waals surface area contributed by atoms with Gasteiger partial charge in [0.05, 0.1) is 23.9 Å². The second kappa shape index (κ2) is 7.76. The van der Waals surface area contributed by atoms with Gasteiger partial charge in [-0.25, -0.2) is 4.98 Å². The molecule has 2 aromatic heterocycles. The minimum atomic E-state index is 0.00360. The molecule has 1 saturated heterocycles. The maximum absolute atomic E-state index is 12.7. The van der Waals surface area contributed by atoms with Gasteiger partial charge >= 0.3 is 0 Å². The number of nitrogens with one attached hydrogen (secondary N) is 1. The number of hydrogen-bond donors (Lipinski definition) is 1. The minimum absolute atomic E-state index is 0.00360. The highest BCUT2D eigenvalue weighted by atomic mass is 16.5. The summed E-state index contributed by atoms with van der Waals surface area (Å²) < 4.78 is 7.66. The molecule has 5 nitrogen and oxygen atoms in total. The van der Waals surface area contributed by atoms with Crippen LogP contribution in [-0.2, 0) is 16.0 Å². The average molecular weight is 377 g/mol. The highest BCUT2D eigenvalue weighted by Gasteiger charge is 2.20. The molecule has 28 heavy (non-hydrogen) atoms. The number of carbonyl (C=O) groups is 1. The van der Waals surface area contributed by atoms with Crippen LogP contribution in [0.3, 0.4) is 0 Å². The van der Waals surface area contributed by atoms with Gasteiger partial charge in [-0.1, -0.05) is 18.2 Å². The summed E-state index contributed by atoms with van der Waals surface area (Å²) in [5, 5.41) is 3.04. The topological polar surface area (TPSA) is 55.6 Å². The predicted octanol–water partition coefficient (Wildman–Crippen LogP) is 3.76. The summed E-state index contributed by atoms with van der Waals surface area (Å²) in [5.74, 6) is 0.00360. The van der Waals surface area contributed by atoms with Crippen LogP contribution < -0.4 is 5.32 Å². The van der Waals surface area contributed by atoms with Crippen LogP contribution in [-0.4, -0.2) is 34.5 Å². The van der Waals surface area contributed by atoms with Gasteiger partial charge in [-0.15, -0.1) is 0 Å². The van der Waals surface area contributed by atoms with Crippen LogP contribution in [0.1, 0.15) is 35.2 Å². The Morgan fingerprint density at radius 2 is 2.07 bits per heavy atom. The van der Waals surface area contributed by atoms with Crippen LogP contribution in [0.4, 0.5) is 0 Å². The second-order valence-electron chi connectivity index (χ2n) is 7.71. The van der Waals surface area contributed by atoms with E-state index < -0.39 is 0 Å². The third-order valence-electron chi connectivity index (χ3n) is 5.60. The monoisotopic (exact) mass is 377 g/mol. The summed E-state index contributed by atoms with van der Waals surface area (Å²) in [7, 11) is 0. The van der Waals surface area contributed by atoms with Crippen molar-refractivity contribution in [1.82, 2.24) is 14.7 Å². The van der Waals surface area contributed by atoms with E-state index in [1.54, 1.807) is 0 Å². The van der Waals surface area contributed by atoms with Crippen LogP contribution in [0.2, 0.25) is 0 Å². The highest BCUT2D eigenvalue weighted by molar-refractivity contribution is 5.82. The molecule has 1 aliphatic rings. The molecule has 0 aliphatic carbocycles. The lowest BCUT2D eigenvalue weighted by Gasteiger charge is -2.12. The Bertz CT molecular complexity index is 1020. The number of amides is 1. The SMILES string of the molecule is Cc1ccc(-c2nc3c(C)cccn3c2CC(=O)NCC2CCCO2)cc1C. The molecule has 1 atom stereocenters. The zero-order valence-corrected chi connectivity index (χ0v) is 16.8. The van der Waals surface area contributed by atoms with Gasteiger partial charge in [-0.05, 0) is 62.4 Å². The van der Waals surface area contributed by atoms with Crippen LogP contribution in [0.25, 0.3) is 16.9 Å². The van der Waals surface area contributed by atoms with Gasteiger partial charge in [0.1, 0.15) is 5.65 Å². The van der Waals surface area contributed by atoms with Crippen LogP contribution in [0.5, 0.6) is 0 Å². The van der Waals surface area contributed by atoms with Gasteiger partial charge in [-0.3, -0.25) is 4.79 Å². The Hall–Kier alpha value is -2.66. The third-order valence-corrected chi connectivity index (χ3v) is 5.60. The Kier molecular flexibility index (Phi) is 5.18. The lowest BCUT2D eigenvalue weighted by atomic mass is 10.0. The van der Waals surface area contributed by atoms with Gasteiger partial charge in [0, 0.05) is 24.9 Å². The number of pyridine rings is 1. The van der Waals surface area contributed by atoms with Crippen molar-refractivity contribution in [1.29, 1.82) is 0 Å². The Labute approximate surface area is 165 Å². The molecular weight excluding hydrogens is 350 g/mol. The molecule has 0 saturated carbocycles. The van der Waals surface area contributed by atoms with Crippen molar-refractivity contribution in [3.8, 4) is 11.3 Å². The van der Waals surface area contributed by atoms with E-state index in [2.05, 4.69) is 37.4 Å². The smallest absolute Gasteiger partial charge is 0.226 e. The van der Waals surface area contributed by atoms with E-state index in [0.717, 1.165) is 47.6 Å².